The molecule has 2 rings (SSSR count). The number of aromatic hydroxyl groups is 1. The van der Waals surface area contributed by atoms with E-state index in [-0.39, 0.29) is 17.7 Å². The third kappa shape index (κ3) is 3.18. The summed E-state index contributed by atoms with van der Waals surface area (Å²) < 4.78 is 4.99. The first-order chi connectivity index (χ1) is 9.67. The first-order valence-corrected chi connectivity index (χ1v) is 7.44. The highest BCUT2D eigenvalue weighted by molar-refractivity contribution is 6.18. The highest BCUT2D eigenvalue weighted by Gasteiger charge is 2.27. The van der Waals surface area contributed by atoms with Crippen LogP contribution in [0.2, 0.25) is 0 Å². The predicted molar refractivity (Wildman–Crippen MR) is 78.7 cm³/mol. The van der Waals surface area contributed by atoms with Crippen LogP contribution in [0.15, 0.2) is 18.2 Å². The Labute approximate surface area is 124 Å². The molecule has 110 valence electrons. The van der Waals surface area contributed by atoms with Crippen molar-refractivity contribution in [1.29, 1.82) is 0 Å². The number of phenolic OH excluding ortho intramolecular Hbond substituents is 1. The summed E-state index contributed by atoms with van der Waals surface area (Å²) in [7, 11) is 1.48. The van der Waals surface area contributed by atoms with Gasteiger partial charge in [-0.05, 0) is 31.0 Å². The summed E-state index contributed by atoms with van der Waals surface area (Å²) in [4.78, 5) is 14.4. The maximum absolute atomic E-state index is 12.6. The third-order valence-corrected chi connectivity index (χ3v) is 3.95. The van der Waals surface area contributed by atoms with Crippen LogP contribution in [0.3, 0.4) is 0 Å². The van der Waals surface area contributed by atoms with E-state index in [2.05, 4.69) is 0 Å². The van der Waals surface area contributed by atoms with Gasteiger partial charge in [-0.2, -0.15) is 0 Å². The lowest BCUT2D eigenvalue weighted by molar-refractivity contribution is 0.0694. The molecule has 0 spiro atoms. The molecule has 1 saturated carbocycles. The summed E-state index contributed by atoms with van der Waals surface area (Å²) in [5, 5.41) is 9.80. The predicted octanol–water partition coefficient (Wildman–Crippen LogP) is 3.02. The Morgan fingerprint density at radius 2 is 2.15 bits per heavy atom. The summed E-state index contributed by atoms with van der Waals surface area (Å²) in [6.45, 7) is 0.540. The minimum atomic E-state index is -0.0736. The quantitative estimate of drug-likeness (QED) is 0.850. The summed E-state index contributed by atoms with van der Waals surface area (Å²) in [5.74, 6) is 0.696. The molecule has 1 aliphatic rings. The number of hydrogen-bond donors (Lipinski definition) is 1. The number of rotatable bonds is 5. The molecule has 0 heterocycles. The van der Waals surface area contributed by atoms with Crippen molar-refractivity contribution in [3.05, 3.63) is 23.8 Å². The van der Waals surface area contributed by atoms with Crippen molar-refractivity contribution >= 4 is 17.5 Å². The molecule has 1 fully saturated rings. The lowest BCUT2D eigenvalue weighted by atomic mass is 10.1. The van der Waals surface area contributed by atoms with Crippen molar-refractivity contribution in [1.82, 2.24) is 4.90 Å². The van der Waals surface area contributed by atoms with Crippen LogP contribution in [0.1, 0.15) is 36.0 Å². The van der Waals surface area contributed by atoms with Gasteiger partial charge >= 0.3 is 0 Å². The highest BCUT2D eigenvalue weighted by atomic mass is 35.5. The van der Waals surface area contributed by atoms with Crippen LogP contribution in [-0.4, -0.2) is 41.5 Å². The number of nitrogens with zero attached hydrogens (tertiary/aromatic N) is 1. The molecule has 0 bridgehead atoms. The Morgan fingerprint density at radius 1 is 1.45 bits per heavy atom. The van der Waals surface area contributed by atoms with Crippen molar-refractivity contribution in [3.63, 3.8) is 0 Å². The second-order valence-electron chi connectivity index (χ2n) is 5.01. The molecule has 5 heteroatoms. The molecule has 0 unspecified atom stereocenters. The standard InChI is InChI=1S/C15H20ClNO3/c1-20-14-7-6-11(10-13(14)18)15(19)17(9-8-16)12-4-2-3-5-12/h6-7,10,12,18H,2-5,8-9H2,1H3. The summed E-state index contributed by atoms with van der Waals surface area (Å²) in [6.07, 6.45) is 4.38. The Bertz CT molecular complexity index is 472. The Balaban J connectivity index is 2.20. The van der Waals surface area contributed by atoms with Gasteiger partial charge in [0.25, 0.3) is 5.91 Å². The van der Waals surface area contributed by atoms with E-state index >= 15 is 0 Å². The Kier molecular flexibility index (Phi) is 5.12. The van der Waals surface area contributed by atoms with E-state index in [1.165, 1.54) is 13.2 Å². The number of hydrogen-bond acceptors (Lipinski definition) is 3. The second kappa shape index (κ2) is 6.84. The fraction of sp³-hybridized carbons (Fsp3) is 0.533. The van der Waals surface area contributed by atoms with Crippen LogP contribution in [0.4, 0.5) is 0 Å². The largest absolute Gasteiger partial charge is 0.504 e. The number of alkyl halides is 1. The third-order valence-electron chi connectivity index (χ3n) is 3.78. The molecule has 1 aromatic carbocycles. The number of methoxy groups -OCH3 is 1. The van der Waals surface area contributed by atoms with E-state index in [4.69, 9.17) is 16.3 Å². The SMILES string of the molecule is COc1ccc(C(=O)N(CCCl)C2CCCC2)cc1O. The number of amides is 1. The van der Waals surface area contributed by atoms with Gasteiger partial charge in [0.15, 0.2) is 11.5 Å². The van der Waals surface area contributed by atoms with Crippen molar-refractivity contribution in [2.45, 2.75) is 31.7 Å². The topological polar surface area (TPSA) is 49.8 Å². The molecule has 1 aliphatic carbocycles. The van der Waals surface area contributed by atoms with Crippen LogP contribution in [0, 0.1) is 0 Å². The van der Waals surface area contributed by atoms with Gasteiger partial charge in [-0.25, -0.2) is 0 Å². The fourth-order valence-corrected chi connectivity index (χ4v) is 2.93. The zero-order valence-corrected chi connectivity index (χ0v) is 12.4. The van der Waals surface area contributed by atoms with E-state index in [0.717, 1.165) is 25.7 Å². The van der Waals surface area contributed by atoms with Crippen molar-refractivity contribution in [3.8, 4) is 11.5 Å². The van der Waals surface area contributed by atoms with Crippen molar-refractivity contribution < 1.29 is 14.6 Å². The number of carbonyl (C=O) groups excluding carboxylic acids is 1. The van der Waals surface area contributed by atoms with Crippen LogP contribution in [-0.2, 0) is 0 Å². The molecular formula is C15H20ClNO3. The molecule has 0 atom stereocenters. The van der Waals surface area contributed by atoms with Crippen LogP contribution < -0.4 is 4.74 Å². The molecule has 0 radical (unpaired) electrons. The lowest BCUT2D eigenvalue weighted by Gasteiger charge is -2.28. The lowest BCUT2D eigenvalue weighted by Crippen LogP contribution is -2.40. The number of halogens is 1. The minimum Gasteiger partial charge on any atom is -0.504 e. The van der Waals surface area contributed by atoms with Gasteiger partial charge in [0.2, 0.25) is 0 Å². The van der Waals surface area contributed by atoms with Crippen LogP contribution in [0.25, 0.3) is 0 Å². The summed E-state index contributed by atoms with van der Waals surface area (Å²) in [5.41, 5.74) is 0.473. The van der Waals surface area contributed by atoms with Crippen LogP contribution in [0.5, 0.6) is 11.5 Å². The van der Waals surface area contributed by atoms with Crippen LogP contribution >= 0.6 is 11.6 Å². The van der Waals surface area contributed by atoms with Gasteiger partial charge < -0.3 is 14.7 Å². The number of benzene rings is 1. The van der Waals surface area contributed by atoms with E-state index < -0.39 is 0 Å². The zero-order chi connectivity index (χ0) is 14.5. The van der Waals surface area contributed by atoms with Gasteiger partial charge in [-0.1, -0.05) is 12.8 Å². The van der Waals surface area contributed by atoms with Gasteiger partial charge in [0.1, 0.15) is 0 Å². The zero-order valence-electron chi connectivity index (χ0n) is 11.6. The van der Waals surface area contributed by atoms with E-state index in [9.17, 15) is 9.90 Å². The second-order valence-corrected chi connectivity index (χ2v) is 5.39. The highest BCUT2D eigenvalue weighted by Crippen LogP contribution is 2.29. The molecule has 20 heavy (non-hydrogen) atoms. The normalized spacial score (nSPS) is 15.3. The molecule has 1 N–H and O–H groups in total. The maximum atomic E-state index is 12.6. The smallest absolute Gasteiger partial charge is 0.254 e. The van der Waals surface area contributed by atoms with Gasteiger partial charge in [-0.15, -0.1) is 11.6 Å². The summed E-state index contributed by atoms with van der Waals surface area (Å²) in [6, 6.07) is 5.01. The first kappa shape index (κ1) is 15.0. The minimum absolute atomic E-state index is 0.0180. The molecule has 0 aromatic heterocycles. The van der Waals surface area contributed by atoms with Gasteiger partial charge in [-0.3, -0.25) is 4.79 Å². The van der Waals surface area contributed by atoms with E-state index in [0.29, 0.717) is 23.7 Å². The number of phenols is 1. The van der Waals surface area contributed by atoms with E-state index in [1.54, 1.807) is 12.1 Å². The number of carbonyl (C=O) groups is 1. The van der Waals surface area contributed by atoms with Gasteiger partial charge in [0.05, 0.1) is 7.11 Å². The average molecular weight is 298 g/mol. The first-order valence-electron chi connectivity index (χ1n) is 6.91. The number of ether oxygens (including phenoxy) is 1. The molecule has 0 saturated heterocycles. The van der Waals surface area contributed by atoms with E-state index in [1.807, 2.05) is 4.90 Å². The Morgan fingerprint density at radius 3 is 2.70 bits per heavy atom. The molecule has 1 aromatic rings. The van der Waals surface area contributed by atoms with Gasteiger partial charge in [0, 0.05) is 24.0 Å². The average Bonchev–Trinajstić information content (AvgIpc) is 2.97. The molecular weight excluding hydrogens is 278 g/mol. The van der Waals surface area contributed by atoms with Crippen molar-refractivity contribution in [2.75, 3.05) is 19.5 Å². The fourth-order valence-electron chi connectivity index (χ4n) is 2.75. The summed E-state index contributed by atoms with van der Waals surface area (Å²) >= 11 is 5.82. The monoisotopic (exact) mass is 297 g/mol. The maximum Gasteiger partial charge on any atom is 0.254 e. The molecule has 1 amide bonds. The molecule has 4 nitrogen and oxygen atoms in total. The Hall–Kier alpha value is -1.42. The molecule has 0 aliphatic heterocycles. The van der Waals surface area contributed by atoms with Crippen molar-refractivity contribution in [2.24, 2.45) is 0 Å².